The molecule has 3 heterocycles. The van der Waals surface area contributed by atoms with Crippen LogP contribution in [0, 0.1) is 0 Å². The van der Waals surface area contributed by atoms with E-state index in [1.165, 1.54) is 36.8 Å². The number of benzene rings is 3. The van der Waals surface area contributed by atoms with Gasteiger partial charge in [-0.2, -0.15) is 5.10 Å². The smallest absolute Gasteiger partial charge is 0.354 e. The van der Waals surface area contributed by atoms with Crippen LogP contribution < -0.4 is 9.47 Å². The van der Waals surface area contributed by atoms with E-state index in [0.717, 1.165) is 39.3 Å². The molecule has 0 saturated heterocycles. The quantitative estimate of drug-likeness (QED) is 0.230. The molecule has 0 atom stereocenters. The Morgan fingerprint density at radius 3 is 2.56 bits per heavy atom. The Labute approximate surface area is 256 Å². The highest BCUT2D eigenvalue weighted by Crippen LogP contribution is 2.56. The van der Waals surface area contributed by atoms with Crippen LogP contribution in [0.2, 0.25) is 10.0 Å². The molecule has 4 aromatic rings. The zero-order valence-electron chi connectivity index (χ0n) is 22.3. The predicted molar refractivity (Wildman–Crippen MR) is 164 cm³/mol. The standard InChI is InChI=1S/C21H19BrCl2O.C11H8N2O3/c1-2-16-20(15-7-6-14(23)12-18(15)24)25-19-11-13(22)5-8-17(19)21(16)9-3-4-10-21;14-11(15)10-7-5-16-8-4-2-1-3-6(8)9(7)12-13-10/h5-8,11-12H,2-4,9-10H2,1H3;1-4H,5H2,(H,12,13)(H,14,15). The Morgan fingerprint density at radius 2 is 1.83 bits per heavy atom. The van der Waals surface area contributed by atoms with Crippen molar-refractivity contribution in [2.45, 2.75) is 51.0 Å². The second-order valence-electron chi connectivity index (χ2n) is 10.3. The largest absolute Gasteiger partial charge is 0.488 e. The third-order valence-corrected chi connectivity index (χ3v) is 9.15. The normalized spacial score (nSPS) is 16.1. The number of aromatic amines is 1. The molecule has 1 spiro atoms. The first-order valence-electron chi connectivity index (χ1n) is 13.5. The molecule has 2 aliphatic heterocycles. The van der Waals surface area contributed by atoms with Crippen LogP contribution in [0.5, 0.6) is 11.5 Å². The molecular formula is C32H27BrCl2N2O4. The number of hydrogen-bond acceptors (Lipinski definition) is 4. The van der Waals surface area contributed by atoms with E-state index in [0.29, 0.717) is 21.3 Å². The number of nitrogens with zero attached hydrogens (tertiary/aromatic N) is 1. The number of aromatic carboxylic acids is 1. The third-order valence-electron chi connectivity index (χ3n) is 8.10. The summed E-state index contributed by atoms with van der Waals surface area (Å²) in [6.45, 7) is 2.46. The third kappa shape index (κ3) is 4.94. The second-order valence-corrected chi connectivity index (χ2v) is 12.1. The van der Waals surface area contributed by atoms with Gasteiger partial charge in [0.05, 0.1) is 10.6 Å². The van der Waals surface area contributed by atoms with Gasteiger partial charge in [0.2, 0.25) is 0 Å². The van der Waals surface area contributed by atoms with E-state index < -0.39 is 5.97 Å². The highest BCUT2D eigenvalue weighted by molar-refractivity contribution is 9.10. The fraction of sp³-hybridized carbons (Fsp3) is 0.250. The number of carboxylic acids is 1. The van der Waals surface area contributed by atoms with Crippen LogP contribution in [0.25, 0.3) is 17.0 Å². The van der Waals surface area contributed by atoms with Crippen LogP contribution in [0.15, 0.2) is 70.7 Å². The van der Waals surface area contributed by atoms with Gasteiger partial charge in [0.15, 0.2) is 5.69 Å². The van der Waals surface area contributed by atoms with Gasteiger partial charge in [0.1, 0.15) is 29.6 Å². The van der Waals surface area contributed by atoms with Gasteiger partial charge >= 0.3 is 5.97 Å². The SMILES string of the molecule is CCC1=C(c2ccc(Cl)cc2Cl)Oc2cc(Br)ccc2C12CCCC2.O=C(O)c1[nH]nc2c1COc1ccccc1-2. The number of halogens is 3. The van der Waals surface area contributed by atoms with Crippen molar-refractivity contribution in [3.8, 4) is 22.8 Å². The maximum Gasteiger partial charge on any atom is 0.354 e. The molecule has 6 nitrogen and oxygen atoms in total. The lowest BCUT2D eigenvalue weighted by Crippen LogP contribution is -2.31. The van der Waals surface area contributed by atoms with Crippen LogP contribution in [0.3, 0.4) is 0 Å². The van der Waals surface area contributed by atoms with Gasteiger partial charge in [-0.3, -0.25) is 5.10 Å². The average Bonchev–Trinajstić information content (AvgIpc) is 3.62. The maximum absolute atomic E-state index is 10.9. The molecule has 9 heteroatoms. The molecule has 7 rings (SSSR count). The van der Waals surface area contributed by atoms with Crippen molar-refractivity contribution in [1.29, 1.82) is 0 Å². The van der Waals surface area contributed by atoms with E-state index in [9.17, 15) is 4.79 Å². The zero-order chi connectivity index (χ0) is 28.7. The molecule has 3 aromatic carbocycles. The van der Waals surface area contributed by atoms with Crippen molar-refractivity contribution in [3.05, 3.63) is 103 Å². The number of aromatic nitrogens is 2. The number of nitrogens with one attached hydrogen (secondary N) is 1. The number of carboxylic acid groups (broad SMARTS) is 1. The minimum absolute atomic E-state index is 0.0708. The number of hydrogen-bond donors (Lipinski definition) is 2. The lowest BCUT2D eigenvalue weighted by molar-refractivity contribution is 0.0687. The fourth-order valence-corrected chi connectivity index (χ4v) is 7.15. The van der Waals surface area contributed by atoms with E-state index >= 15 is 0 Å². The van der Waals surface area contributed by atoms with Crippen molar-refractivity contribution >= 4 is 50.9 Å². The lowest BCUT2D eigenvalue weighted by atomic mass is 9.69. The zero-order valence-corrected chi connectivity index (χ0v) is 25.4. The number of H-pyrrole nitrogens is 1. The topological polar surface area (TPSA) is 84.4 Å². The first-order valence-corrected chi connectivity index (χ1v) is 15.1. The van der Waals surface area contributed by atoms with E-state index in [1.807, 2.05) is 36.4 Å². The summed E-state index contributed by atoms with van der Waals surface area (Å²) in [5.74, 6) is 1.57. The maximum atomic E-state index is 10.9. The molecule has 2 N–H and O–H groups in total. The molecular weight excluding hydrogens is 627 g/mol. The Balaban J connectivity index is 0.000000162. The minimum Gasteiger partial charge on any atom is -0.488 e. The second kappa shape index (κ2) is 11.2. The van der Waals surface area contributed by atoms with Crippen LogP contribution in [-0.2, 0) is 12.0 Å². The fourth-order valence-electron chi connectivity index (χ4n) is 6.31. The summed E-state index contributed by atoms with van der Waals surface area (Å²) in [4.78, 5) is 10.9. The highest BCUT2D eigenvalue weighted by Gasteiger charge is 2.45. The average molecular weight is 654 g/mol. The van der Waals surface area contributed by atoms with Gasteiger partial charge in [-0.15, -0.1) is 0 Å². The van der Waals surface area contributed by atoms with E-state index in [1.54, 1.807) is 6.07 Å². The lowest BCUT2D eigenvalue weighted by Gasteiger charge is -2.39. The van der Waals surface area contributed by atoms with E-state index in [4.69, 9.17) is 37.8 Å². The number of para-hydroxylation sites is 1. The number of allylic oxidation sites excluding steroid dienone is 1. The van der Waals surface area contributed by atoms with Gasteiger partial charge < -0.3 is 14.6 Å². The van der Waals surface area contributed by atoms with Crippen molar-refractivity contribution in [3.63, 3.8) is 0 Å². The van der Waals surface area contributed by atoms with Crippen molar-refractivity contribution < 1.29 is 19.4 Å². The minimum atomic E-state index is -1.02. The monoisotopic (exact) mass is 652 g/mol. The van der Waals surface area contributed by atoms with Gasteiger partial charge in [0, 0.05) is 31.6 Å². The summed E-state index contributed by atoms with van der Waals surface area (Å²) in [5.41, 5.74) is 5.88. The Kier molecular flexibility index (Phi) is 7.62. The van der Waals surface area contributed by atoms with Gasteiger partial charge in [-0.1, -0.05) is 77.1 Å². The number of ether oxygens (including phenoxy) is 2. The number of fused-ring (bicyclic) bond motifs is 5. The molecule has 1 fully saturated rings. The van der Waals surface area contributed by atoms with Crippen molar-refractivity contribution in [1.82, 2.24) is 10.2 Å². The molecule has 0 radical (unpaired) electrons. The van der Waals surface area contributed by atoms with E-state index in [2.05, 4.69) is 51.3 Å². The molecule has 0 bridgehead atoms. The Morgan fingerprint density at radius 1 is 1.05 bits per heavy atom. The van der Waals surface area contributed by atoms with Gasteiger partial charge in [-0.05, 0) is 67.3 Å². The summed E-state index contributed by atoms with van der Waals surface area (Å²) < 4.78 is 12.9. The predicted octanol–water partition coefficient (Wildman–Crippen LogP) is 9.45. The Bertz CT molecular complexity index is 1690. The summed E-state index contributed by atoms with van der Waals surface area (Å²) in [5, 5.41) is 16.8. The number of rotatable bonds is 3. The van der Waals surface area contributed by atoms with Gasteiger partial charge in [0.25, 0.3) is 0 Å². The van der Waals surface area contributed by atoms with E-state index in [-0.39, 0.29) is 17.7 Å². The molecule has 1 saturated carbocycles. The van der Waals surface area contributed by atoms with Gasteiger partial charge in [-0.25, -0.2) is 4.79 Å². The van der Waals surface area contributed by atoms with Crippen LogP contribution >= 0.6 is 39.1 Å². The van der Waals surface area contributed by atoms with Crippen molar-refractivity contribution in [2.75, 3.05) is 0 Å². The van der Waals surface area contributed by atoms with Crippen LogP contribution in [-0.4, -0.2) is 21.3 Å². The molecule has 210 valence electrons. The summed E-state index contributed by atoms with van der Waals surface area (Å²) >= 11 is 16.2. The summed E-state index contributed by atoms with van der Waals surface area (Å²) in [6, 6.07) is 19.5. The number of carbonyl (C=O) groups is 1. The summed E-state index contributed by atoms with van der Waals surface area (Å²) in [6.07, 6.45) is 5.79. The molecule has 41 heavy (non-hydrogen) atoms. The van der Waals surface area contributed by atoms with Crippen LogP contribution in [0.1, 0.15) is 66.2 Å². The highest BCUT2D eigenvalue weighted by atomic mass is 79.9. The molecule has 0 amide bonds. The molecule has 3 aliphatic rings. The first kappa shape index (κ1) is 27.9. The molecule has 0 unspecified atom stereocenters. The Hall–Kier alpha value is -3.26. The van der Waals surface area contributed by atoms with Crippen molar-refractivity contribution in [2.24, 2.45) is 0 Å². The first-order chi connectivity index (χ1) is 19.8. The molecule has 1 aliphatic carbocycles. The van der Waals surface area contributed by atoms with Crippen LogP contribution in [0.4, 0.5) is 0 Å². The molecule has 1 aromatic heterocycles. The summed E-state index contributed by atoms with van der Waals surface area (Å²) in [7, 11) is 0.